The average Bonchev–Trinajstić information content (AvgIpc) is 3.52. The molecule has 0 unspecified atom stereocenters. The van der Waals surface area contributed by atoms with Crippen molar-refractivity contribution in [2.45, 2.75) is 69.1 Å². The summed E-state index contributed by atoms with van der Waals surface area (Å²) in [6, 6.07) is 14.0. The highest BCUT2D eigenvalue weighted by molar-refractivity contribution is 7.92. The van der Waals surface area contributed by atoms with Crippen molar-refractivity contribution in [3.8, 4) is 5.75 Å². The largest absolute Gasteiger partial charge is 0.491 e. The zero-order chi connectivity index (χ0) is 30.7. The van der Waals surface area contributed by atoms with Crippen LogP contribution in [-0.2, 0) is 9.84 Å². The molecule has 44 heavy (non-hydrogen) atoms. The number of ether oxygens (including phenoxy) is 1. The predicted octanol–water partition coefficient (Wildman–Crippen LogP) is 5.66. The molecule has 6 rings (SSSR count). The zero-order valence-corrected chi connectivity index (χ0v) is 26.6. The fourth-order valence-electron chi connectivity index (χ4n) is 6.68. The number of nitrogens with one attached hydrogen (secondary N) is 4. The molecule has 4 aromatic rings. The maximum absolute atomic E-state index is 13.1. The highest BCUT2D eigenvalue weighted by Gasteiger charge is 2.41. The van der Waals surface area contributed by atoms with E-state index in [0.717, 1.165) is 42.1 Å². The van der Waals surface area contributed by atoms with Crippen molar-refractivity contribution in [2.75, 3.05) is 43.4 Å². The summed E-state index contributed by atoms with van der Waals surface area (Å²) in [5.74, 6) is 1.54. The second-order valence-corrected chi connectivity index (χ2v) is 14.5. The van der Waals surface area contributed by atoms with Crippen LogP contribution in [0.3, 0.4) is 0 Å². The standard InChI is InChI=1S/C32H43N8O3S/c1-4-43-28-20-24(40(18-8-5-9-19-40)23-14-16-33-17-15-23)12-13-26(28)36-32-37-30(25-21-34-39-31(25)38-32)35-27-10-6-7-11-29(27)44(41,42)22(2)3/h6-7,10-13,20-23,33H,4-5,8-9,14-19H2,1-3H3,(H3,34,35,36,37,38,39)/q+1. The molecule has 11 nitrogen and oxygen atoms in total. The summed E-state index contributed by atoms with van der Waals surface area (Å²) in [4.78, 5) is 9.67. The van der Waals surface area contributed by atoms with Crippen LogP contribution in [0.15, 0.2) is 53.6 Å². The Labute approximate surface area is 259 Å². The van der Waals surface area contributed by atoms with Gasteiger partial charge in [0.05, 0.1) is 58.8 Å². The topological polar surface area (TPSA) is 134 Å². The van der Waals surface area contributed by atoms with E-state index in [-0.39, 0.29) is 4.90 Å². The molecule has 0 saturated carbocycles. The van der Waals surface area contributed by atoms with Crippen LogP contribution in [0, 0.1) is 0 Å². The maximum Gasteiger partial charge on any atom is 0.231 e. The van der Waals surface area contributed by atoms with Crippen molar-refractivity contribution >= 4 is 49.7 Å². The number of quaternary nitrogens is 1. The molecular formula is C32H43N8O3S+. The van der Waals surface area contributed by atoms with E-state index >= 15 is 0 Å². The Bertz CT molecular complexity index is 1710. The number of H-pyrrole nitrogens is 1. The molecule has 2 aromatic heterocycles. The van der Waals surface area contributed by atoms with Crippen LogP contribution in [0.2, 0.25) is 0 Å². The molecule has 2 saturated heterocycles. The van der Waals surface area contributed by atoms with E-state index in [1.807, 2.05) is 6.92 Å². The van der Waals surface area contributed by atoms with Gasteiger partial charge in [0.25, 0.3) is 0 Å². The number of anilines is 4. The number of nitrogens with zero attached hydrogens (tertiary/aromatic N) is 4. The quantitative estimate of drug-likeness (QED) is 0.166. The average molecular weight is 620 g/mol. The zero-order valence-electron chi connectivity index (χ0n) is 25.8. The summed E-state index contributed by atoms with van der Waals surface area (Å²) >= 11 is 0. The van der Waals surface area contributed by atoms with Crippen molar-refractivity contribution in [3.63, 3.8) is 0 Å². The Morgan fingerprint density at radius 1 is 1.00 bits per heavy atom. The molecule has 234 valence electrons. The molecule has 0 spiro atoms. The molecule has 4 N–H and O–H groups in total. The molecule has 0 amide bonds. The third kappa shape index (κ3) is 5.85. The molecule has 0 atom stereocenters. The number of hydrogen-bond donors (Lipinski definition) is 4. The normalized spacial score (nSPS) is 17.5. The number of para-hydroxylation sites is 1. The monoisotopic (exact) mass is 619 g/mol. The first-order chi connectivity index (χ1) is 21.3. The van der Waals surface area contributed by atoms with E-state index in [1.54, 1.807) is 44.3 Å². The molecular weight excluding hydrogens is 576 g/mol. The van der Waals surface area contributed by atoms with E-state index in [0.29, 0.717) is 41.1 Å². The summed E-state index contributed by atoms with van der Waals surface area (Å²) in [6.45, 7) is 10.3. The second-order valence-electron chi connectivity index (χ2n) is 12.0. The van der Waals surface area contributed by atoms with Crippen LogP contribution in [-0.4, -0.2) is 72.7 Å². The van der Waals surface area contributed by atoms with Crippen LogP contribution in [0.4, 0.5) is 28.8 Å². The molecule has 0 bridgehead atoms. The highest BCUT2D eigenvalue weighted by atomic mass is 32.2. The van der Waals surface area contributed by atoms with Gasteiger partial charge in [0.2, 0.25) is 5.95 Å². The third-order valence-electron chi connectivity index (χ3n) is 9.02. The van der Waals surface area contributed by atoms with Crippen LogP contribution in [0.1, 0.15) is 52.9 Å². The third-order valence-corrected chi connectivity index (χ3v) is 11.2. The van der Waals surface area contributed by atoms with Crippen molar-refractivity contribution in [3.05, 3.63) is 48.7 Å². The van der Waals surface area contributed by atoms with E-state index in [2.05, 4.69) is 49.3 Å². The summed E-state index contributed by atoms with van der Waals surface area (Å²) in [6.07, 6.45) is 7.76. The number of benzene rings is 2. The highest BCUT2D eigenvalue weighted by Crippen LogP contribution is 2.40. The SMILES string of the molecule is CCOc1cc([N+]2(C3CCNCC3)CCCCC2)ccc1Nc1nc(Nc2ccccc2S(=O)(=O)C(C)C)c2cn[nH]c2n1. The van der Waals surface area contributed by atoms with Crippen molar-refractivity contribution < 1.29 is 13.2 Å². The summed E-state index contributed by atoms with van der Waals surface area (Å²) in [5.41, 5.74) is 3.04. The number of fused-ring (bicyclic) bond motifs is 1. The molecule has 12 heteroatoms. The molecule has 0 aliphatic carbocycles. The second kappa shape index (κ2) is 12.7. The molecule has 2 aliphatic heterocycles. The number of likely N-dealkylation sites (tertiary alicyclic amines) is 1. The van der Waals surface area contributed by atoms with Crippen LogP contribution in [0.5, 0.6) is 5.75 Å². The first-order valence-corrected chi connectivity index (χ1v) is 17.3. The van der Waals surface area contributed by atoms with Crippen molar-refractivity contribution in [2.24, 2.45) is 0 Å². The maximum atomic E-state index is 13.1. The molecule has 2 aliphatic rings. The fraction of sp³-hybridized carbons (Fsp3) is 0.469. The minimum atomic E-state index is -3.53. The first-order valence-electron chi connectivity index (χ1n) is 15.7. The van der Waals surface area contributed by atoms with E-state index in [9.17, 15) is 8.42 Å². The first kappa shape index (κ1) is 30.3. The number of piperidine rings is 2. The Morgan fingerprint density at radius 3 is 2.52 bits per heavy atom. The van der Waals surface area contributed by atoms with E-state index in [4.69, 9.17) is 9.72 Å². The molecule has 0 radical (unpaired) electrons. The molecule has 4 heterocycles. The van der Waals surface area contributed by atoms with Gasteiger partial charge in [-0.25, -0.2) is 8.42 Å². The van der Waals surface area contributed by atoms with Gasteiger partial charge < -0.3 is 20.7 Å². The van der Waals surface area contributed by atoms with Crippen LogP contribution in [0.25, 0.3) is 11.0 Å². The van der Waals surface area contributed by atoms with Gasteiger partial charge in [-0.05, 0) is 58.2 Å². The van der Waals surface area contributed by atoms with E-state index in [1.165, 1.54) is 37.8 Å². The number of sulfone groups is 1. The Hall–Kier alpha value is -3.74. The molecule has 2 aromatic carbocycles. The smallest absolute Gasteiger partial charge is 0.231 e. The summed E-state index contributed by atoms with van der Waals surface area (Å²) in [5, 5.41) is 17.3. The number of rotatable bonds is 10. The predicted molar refractivity (Wildman–Crippen MR) is 176 cm³/mol. The van der Waals surface area contributed by atoms with Gasteiger partial charge >= 0.3 is 0 Å². The lowest BCUT2D eigenvalue weighted by molar-refractivity contribution is 0.138. The van der Waals surface area contributed by atoms with Crippen molar-refractivity contribution in [1.29, 1.82) is 0 Å². The van der Waals surface area contributed by atoms with Crippen LogP contribution < -0.4 is 25.2 Å². The lowest BCUT2D eigenvalue weighted by Crippen LogP contribution is -2.62. The van der Waals surface area contributed by atoms with Gasteiger partial charge in [0.15, 0.2) is 15.5 Å². The number of aromatic amines is 1. The van der Waals surface area contributed by atoms with E-state index < -0.39 is 15.1 Å². The van der Waals surface area contributed by atoms with Gasteiger partial charge in [0.1, 0.15) is 17.3 Å². The van der Waals surface area contributed by atoms with Crippen molar-refractivity contribution in [1.82, 2.24) is 30.0 Å². The lowest BCUT2D eigenvalue weighted by atomic mass is 9.95. The fourth-order valence-corrected chi connectivity index (χ4v) is 7.89. The Morgan fingerprint density at radius 2 is 1.77 bits per heavy atom. The van der Waals surface area contributed by atoms with Gasteiger partial charge in [-0.15, -0.1) is 0 Å². The Balaban J connectivity index is 1.35. The van der Waals surface area contributed by atoms with Gasteiger partial charge in [-0.2, -0.15) is 15.1 Å². The lowest BCUT2D eigenvalue weighted by Gasteiger charge is -2.48. The van der Waals surface area contributed by atoms with Gasteiger partial charge in [0, 0.05) is 38.1 Å². The van der Waals surface area contributed by atoms with Gasteiger partial charge in [-0.3, -0.25) is 9.58 Å². The number of aromatic nitrogens is 4. The molecule has 2 fully saturated rings. The minimum Gasteiger partial charge on any atom is -0.491 e. The van der Waals surface area contributed by atoms with Crippen LogP contribution >= 0.6 is 0 Å². The summed E-state index contributed by atoms with van der Waals surface area (Å²) in [7, 11) is -3.53. The number of hydrogen-bond acceptors (Lipinski definition) is 9. The minimum absolute atomic E-state index is 0.220. The van der Waals surface area contributed by atoms with Gasteiger partial charge in [-0.1, -0.05) is 12.1 Å². The Kier molecular flexibility index (Phi) is 8.75. The summed E-state index contributed by atoms with van der Waals surface area (Å²) < 4.78 is 33.4.